The average Bonchev–Trinajstić information content (AvgIpc) is 2.54. The second kappa shape index (κ2) is 7.23. The molecule has 0 aliphatic rings. The van der Waals surface area contributed by atoms with Crippen molar-refractivity contribution < 1.29 is 9.47 Å². The summed E-state index contributed by atoms with van der Waals surface area (Å²) in [6.45, 7) is 2.26. The number of hydrogen-bond acceptors (Lipinski definition) is 5. The van der Waals surface area contributed by atoms with Crippen molar-refractivity contribution in [3.05, 3.63) is 52.8 Å². The van der Waals surface area contributed by atoms with Crippen LogP contribution >= 0.6 is 0 Å². The molecule has 0 saturated carbocycles. The third-order valence-corrected chi connectivity index (χ3v) is 3.11. The monoisotopic (exact) mass is 295 g/mol. The van der Waals surface area contributed by atoms with Crippen LogP contribution in [0.15, 0.2) is 35.3 Å². The first-order valence-corrected chi connectivity index (χ1v) is 6.76. The Morgan fingerprint density at radius 2 is 1.91 bits per heavy atom. The van der Waals surface area contributed by atoms with Crippen LogP contribution in [0.3, 0.4) is 0 Å². The second-order valence-electron chi connectivity index (χ2n) is 4.64. The summed E-state index contributed by atoms with van der Waals surface area (Å²) in [6.07, 6.45) is 1.65. The van der Waals surface area contributed by atoms with Gasteiger partial charge in [-0.1, -0.05) is 6.07 Å². The molecule has 0 fully saturated rings. The summed E-state index contributed by atoms with van der Waals surface area (Å²) in [5.41, 5.74) is 2.89. The van der Waals surface area contributed by atoms with Crippen LogP contribution in [0.2, 0.25) is 0 Å². The van der Waals surface area contributed by atoms with Crippen molar-refractivity contribution in [3.63, 3.8) is 0 Å². The molecule has 0 spiro atoms. The summed E-state index contributed by atoms with van der Waals surface area (Å²) in [5, 5.41) is 8.97. The zero-order valence-corrected chi connectivity index (χ0v) is 12.8. The predicted octanol–water partition coefficient (Wildman–Crippen LogP) is 2.90. The van der Waals surface area contributed by atoms with E-state index in [2.05, 4.69) is 16.0 Å². The Kier molecular flexibility index (Phi) is 5.10. The van der Waals surface area contributed by atoms with Gasteiger partial charge in [0.15, 0.2) is 0 Å². The molecular formula is C17H17N3O2. The van der Waals surface area contributed by atoms with E-state index in [4.69, 9.17) is 14.7 Å². The fraction of sp³-hybridized carbons (Fsp3) is 0.235. The largest absolute Gasteiger partial charge is 0.496 e. The van der Waals surface area contributed by atoms with Crippen LogP contribution in [0.1, 0.15) is 22.5 Å². The van der Waals surface area contributed by atoms with Gasteiger partial charge in [-0.3, -0.25) is 9.98 Å². The quantitative estimate of drug-likeness (QED) is 0.795. The summed E-state index contributed by atoms with van der Waals surface area (Å²) in [4.78, 5) is 8.72. The highest BCUT2D eigenvalue weighted by Crippen LogP contribution is 2.28. The molecule has 0 atom stereocenters. The molecule has 0 radical (unpaired) electrons. The molecule has 0 N–H and O–H groups in total. The fourth-order valence-corrected chi connectivity index (χ4v) is 2.14. The summed E-state index contributed by atoms with van der Waals surface area (Å²) in [5.74, 6) is 1.46. The molecular weight excluding hydrogens is 278 g/mol. The first-order chi connectivity index (χ1) is 10.7. The van der Waals surface area contributed by atoms with E-state index in [9.17, 15) is 0 Å². The molecule has 5 nitrogen and oxygen atoms in total. The topological polar surface area (TPSA) is 67.5 Å². The molecule has 22 heavy (non-hydrogen) atoms. The van der Waals surface area contributed by atoms with Crippen molar-refractivity contribution in [1.82, 2.24) is 4.98 Å². The molecule has 112 valence electrons. The van der Waals surface area contributed by atoms with Crippen LogP contribution in [0, 0.1) is 18.3 Å². The molecule has 0 aliphatic carbocycles. The first-order valence-electron chi connectivity index (χ1n) is 6.76. The Bertz CT molecular complexity index is 711. The number of nitriles is 1. The van der Waals surface area contributed by atoms with Gasteiger partial charge in [0.05, 0.1) is 43.7 Å². The molecule has 1 heterocycles. The maximum Gasteiger partial charge on any atom is 0.127 e. The van der Waals surface area contributed by atoms with Gasteiger partial charge in [-0.05, 0) is 31.2 Å². The Morgan fingerprint density at radius 3 is 2.50 bits per heavy atom. The number of nitrogens with zero attached hydrogens (tertiary/aromatic N) is 3. The van der Waals surface area contributed by atoms with Crippen molar-refractivity contribution in [3.8, 4) is 17.6 Å². The van der Waals surface area contributed by atoms with Gasteiger partial charge in [0, 0.05) is 11.9 Å². The van der Waals surface area contributed by atoms with Crippen LogP contribution in [0.4, 0.5) is 0 Å². The number of rotatable bonds is 5. The van der Waals surface area contributed by atoms with Gasteiger partial charge in [0.1, 0.15) is 11.5 Å². The van der Waals surface area contributed by atoms with Crippen molar-refractivity contribution in [1.29, 1.82) is 5.26 Å². The smallest absolute Gasteiger partial charge is 0.127 e. The molecule has 2 aromatic rings. The molecule has 0 amide bonds. The molecule has 0 bridgehead atoms. The highest BCUT2D eigenvalue weighted by atomic mass is 16.5. The Morgan fingerprint density at radius 1 is 1.23 bits per heavy atom. The minimum absolute atomic E-state index is 0.407. The summed E-state index contributed by atoms with van der Waals surface area (Å²) < 4.78 is 10.7. The van der Waals surface area contributed by atoms with E-state index in [0.717, 1.165) is 22.8 Å². The average molecular weight is 295 g/mol. The number of methoxy groups -OCH3 is 2. The lowest BCUT2D eigenvalue weighted by Crippen LogP contribution is -1.97. The zero-order chi connectivity index (χ0) is 15.9. The molecule has 1 aromatic carbocycles. The summed E-state index contributed by atoms with van der Waals surface area (Å²) >= 11 is 0. The SMILES string of the molecule is COc1cccc(OC)c1CN=Cc1cc(C#N)cc(C)n1. The molecule has 0 saturated heterocycles. The molecule has 2 rings (SSSR count). The molecule has 5 heteroatoms. The van der Waals surface area contributed by atoms with Gasteiger partial charge in [0.25, 0.3) is 0 Å². The van der Waals surface area contributed by atoms with Crippen molar-refractivity contribution >= 4 is 6.21 Å². The van der Waals surface area contributed by atoms with Gasteiger partial charge < -0.3 is 9.47 Å². The predicted molar refractivity (Wildman–Crippen MR) is 84.5 cm³/mol. The van der Waals surface area contributed by atoms with Crippen molar-refractivity contribution in [2.24, 2.45) is 4.99 Å². The van der Waals surface area contributed by atoms with Gasteiger partial charge in [-0.25, -0.2) is 0 Å². The lowest BCUT2D eigenvalue weighted by atomic mass is 10.1. The minimum atomic E-state index is 0.407. The number of aliphatic imine (C=N–C) groups is 1. The summed E-state index contributed by atoms with van der Waals surface area (Å²) in [7, 11) is 3.23. The second-order valence-corrected chi connectivity index (χ2v) is 4.64. The van der Waals surface area contributed by atoms with E-state index >= 15 is 0 Å². The van der Waals surface area contributed by atoms with Gasteiger partial charge >= 0.3 is 0 Å². The fourth-order valence-electron chi connectivity index (χ4n) is 2.14. The van der Waals surface area contributed by atoms with Gasteiger partial charge in [-0.2, -0.15) is 5.26 Å². The standard InChI is InChI=1S/C17H17N3O2/c1-12-7-13(9-18)8-14(20-12)10-19-11-15-16(21-2)5-4-6-17(15)22-3/h4-8,10H,11H2,1-3H3. The van der Waals surface area contributed by atoms with Crippen LogP contribution in [-0.4, -0.2) is 25.4 Å². The van der Waals surface area contributed by atoms with Crippen LogP contribution in [0.25, 0.3) is 0 Å². The first kappa shape index (κ1) is 15.5. The Balaban J connectivity index is 2.23. The lowest BCUT2D eigenvalue weighted by Gasteiger charge is -2.10. The third-order valence-electron chi connectivity index (χ3n) is 3.11. The number of hydrogen-bond donors (Lipinski definition) is 0. The van der Waals surface area contributed by atoms with Gasteiger partial charge in [0.2, 0.25) is 0 Å². The highest BCUT2D eigenvalue weighted by Gasteiger charge is 2.08. The zero-order valence-electron chi connectivity index (χ0n) is 12.8. The maximum absolute atomic E-state index is 8.97. The van der Waals surface area contributed by atoms with Crippen molar-refractivity contribution in [2.75, 3.05) is 14.2 Å². The van der Waals surface area contributed by atoms with E-state index in [1.165, 1.54) is 0 Å². The number of aromatic nitrogens is 1. The van der Waals surface area contributed by atoms with E-state index in [0.29, 0.717) is 17.8 Å². The number of pyridine rings is 1. The third kappa shape index (κ3) is 3.61. The van der Waals surface area contributed by atoms with Crippen LogP contribution in [0.5, 0.6) is 11.5 Å². The number of aryl methyl sites for hydroxylation is 1. The minimum Gasteiger partial charge on any atom is -0.496 e. The van der Waals surface area contributed by atoms with Crippen LogP contribution in [-0.2, 0) is 6.54 Å². The molecule has 1 aromatic heterocycles. The van der Waals surface area contributed by atoms with E-state index in [1.807, 2.05) is 25.1 Å². The number of ether oxygens (including phenoxy) is 2. The lowest BCUT2D eigenvalue weighted by molar-refractivity contribution is 0.386. The van der Waals surface area contributed by atoms with Crippen LogP contribution < -0.4 is 9.47 Å². The number of benzene rings is 1. The van der Waals surface area contributed by atoms with Crippen molar-refractivity contribution in [2.45, 2.75) is 13.5 Å². The normalized spacial score (nSPS) is 10.5. The Labute approximate surface area is 129 Å². The van der Waals surface area contributed by atoms with E-state index in [1.54, 1.807) is 32.6 Å². The highest BCUT2D eigenvalue weighted by molar-refractivity contribution is 5.77. The molecule has 0 aliphatic heterocycles. The molecule has 0 unspecified atom stereocenters. The van der Waals surface area contributed by atoms with E-state index < -0.39 is 0 Å². The van der Waals surface area contributed by atoms with Gasteiger partial charge in [-0.15, -0.1) is 0 Å². The maximum atomic E-state index is 8.97. The Hall–Kier alpha value is -2.87. The summed E-state index contributed by atoms with van der Waals surface area (Å²) in [6, 6.07) is 11.2. The van der Waals surface area contributed by atoms with E-state index in [-0.39, 0.29) is 0 Å².